The molecule has 1 unspecified atom stereocenters. The molecule has 0 bridgehead atoms. The Morgan fingerprint density at radius 3 is 2.44 bits per heavy atom. The molecule has 1 aliphatic heterocycles. The summed E-state index contributed by atoms with van der Waals surface area (Å²) in [4.78, 5) is 15.7. The van der Waals surface area contributed by atoms with E-state index in [0.717, 1.165) is 31.8 Å². The highest BCUT2D eigenvalue weighted by molar-refractivity contribution is 5.73. The first-order chi connectivity index (χ1) is 7.54. The Balaban J connectivity index is 2.32. The number of amides is 1. The van der Waals surface area contributed by atoms with Gasteiger partial charge in [-0.1, -0.05) is 20.3 Å². The zero-order valence-electron chi connectivity index (χ0n) is 11.2. The summed E-state index contributed by atoms with van der Waals surface area (Å²) in [6, 6.07) is 0.671. The predicted molar refractivity (Wildman–Crippen MR) is 67.4 cm³/mol. The van der Waals surface area contributed by atoms with Gasteiger partial charge in [0.05, 0.1) is 0 Å². The highest BCUT2D eigenvalue weighted by Crippen LogP contribution is 2.17. The van der Waals surface area contributed by atoms with E-state index in [1.165, 1.54) is 13.0 Å². The van der Waals surface area contributed by atoms with Crippen LogP contribution in [0, 0.1) is 5.92 Å². The van der Waals surface area contributed by atoms with Crippen LogP contribution in [0.3, 0.4) is 0 Å². The quantitative estimate of drug-likeness (QED) is 0.732. The molecule has 16 heavy (non-hydrogen) atoms. The van der Waals surface area contributed by atoms with E-state index in [9.17, 15) is 4.79 Å². The Bertz CT molecular complexity index is 222. The molecule has 1 rings (SSSR count). The zero-order chi connectivity index (χ0) is 12.1. The maximum Gasteiger partial charge on any atom is 0.219 e. The SMILES string of the molecule is CCC(C)CN(C)C1CCN(C(C)=O)CC1. The predicted octanol–water partition coefficient (Wildman–Crippen LogP) is 1.98. The van der Waals surface area contributed by atoms with Crippen molar-refractivity contribution in [1.29, 1.82) is 0 Å². The smallest absolute Gasteiger partial charge is 0.219 e. The standard InChI is InChI=1S/C13H26N2O/c1-5-11(2)10-14(4)13-6-8-15(9-7-13)12(3)16/h11,13H,5-10H2,1-4H3. The molecule has 0 saturated carbocycles. The summed E-state index contributed by atoms with van der Waals surface area (Å²) in [5.41, 5.74) is 0. The maximum atomic E-state index is 11.2. The fraction of sp³-hybridized carbons (Fsp3) is 0.923. The highest BCUT2D eigenvalue weighted by atomic mass is 16.2. The van der Waals surface area contributed by atoms with Crippen molar-refractivity contribution in [2.45, 2.75) is 46.1 Å². The van der Waals surface area contributed by atoms with Gasteiger partial charge in [0, 0.05) is 32.6 Å². The third-order valence-corrected chi connectivity index (χ3v) is 3.83. The molecule has 1 aliphatic rings. The first-order valence-corrected chi connectivity index (χ1v) is 6.50. The van der Waals surface area contributed by atoms with Gasteiger partial charge in [0.2, 0.25) is 5.91 Å². The second kappa shape index (κ2) is 6.24. The van der Waals surface area contributed by atoms with Crippen LogP contribution < -0.4 is 0 Å². The van der Waals surface area contributed by atoms with Crippen LogP contribution in [0.5, 0.6) is 0 Å². The van der Waals surface area contributed by atoms with E-state index in [1.54, 1.807) is 6.92 Å². The van der Waals surface area contributed by atoms with Crippen molar-refractivity contribution >= 4 is 5.91 Å². The molecule has 0 aromatic heterocycles. The molecule has 0 N–H and O–H groups in total. The van der Waals surface area contributed by atoms with Crippen LogP contribution in [0.15, 0.2) is 0 Å². The van der Waals surface area contributed by atoms with Crippen molar-refractivity contribution in [3.8, 4) is 0 Å². The lowest BCUT2D eigenvalue weighted by Gasteiger charge is -2.37. The van der Waals surface area contributed by atoms with Crippen LogP contribution in [-0.4, -0.2) is 48.4 Å². The number of piperidine rings is 1. The highest BCUT2D eigenvalue weighted by Gasteiger charge is 2.23. The molecule has 1 fully saturated rings. The summed E-state index contributed by atoms with van der Waals surface area (Å²) < 4.78 is 0. The second-order valence-electron chi connectivity index (χ2n) is 5.19. The summed E-state index contributed by atoms with van der Waals surface area (Å²) in [6.07, 6.45) is 3.51. The lowest BCUT2D eigenvalue weighted by Crippen LogP contribution is -2.45. The van der Waals surface area contributed by atoms with Crippen molar-refractivity contribution in [3.05, 3.63) is 0 Å². The van der Waals surface area contributed by atoms with Crippen LogP contribution in [-0.2, 0) is 4.79 Å². The molecule has 1 amide bonds. The van der Waals surface area contributed by atoms with Gasteiger partial charge in [0.1, 0.15) is 0 Å². The Labute approximate surface area is 99.8 Å². The minimum Gasteiger partial charge on any atom is -0.343 e. The molecule has 1 saturated heterocycles. The van der Waals surface area contributed by atoms with E-state index in [-0.39, 0.29) is 5.91 Å². The van der Waals surface area contributed by atoms with E-state index in [0.29, 0.717) is 6.04 Å². The molecule has 3 nitrogen and oxygen atoms in total. The summed E-state index contributed by atoms with van der Waals surface area (Å²) in [5, 5.41) is 0. The van der Waals surface area contributed by atoms with E-state index in [4.69, 9.17) is 0 Å². The number of hydrogen-bond acceptors (Lipinski definition) is 2. The molecule has 1 heterocycles. The summed E-state index contributed by atoms with van der Waals surface area (Å²) in [6.45, 7) is 9.28. The third-order valence-electron chi connectivity index (χ3n) is 3.83. The van der Waals surface area contributed by atoms with Crippen molar-refractivity contribution < 1.29 is 4.79 Å². The fourth-order valence-electron chi connectivity index (χ4n) is 2.39. The molecule has 0 aromatic carbocycles. The number of likely N-dealkylation sites (tertiary alicyclic amines) is 1. The van der Waals surface area contributed by atoms with E-state index in [1.807, 2.05) is 4.90 Å². The summed E-state index contributed by atoms with van der Waals surface area (Å²) in [5.74, 6) is 0.999. The first-order valence-electron chi connectivity index (χ1n) is 6.50. The molecule has 0 aromatic rings. The molecule has 0 aliphatic carbocycles. The molecule has 0 radical (unpaired) electrons. The zero-order valence-corrected chi connectivity index (χ0v) is 11.2. The number of nitrogens with zero attached hydrogens (tertiary/aromatic N) is 2. The van der Waals surface area contributed by atoms with Gasteiger partial charge >= 0.3 is 0 Å². The minimum atomic E-state index is 0.225. The van der Waals surface area contributed by atoms with Crippen LogP contribution in [0.25, 0.3) is 0 Å². The van der Waals surface area contributed by atoms with E-state index < -0.39 is 0 Å². The van der Waals surface area contributed by atoms with Gasteiger partial charge in [0.15, 0.2) is 0 Å². The summed E-state index contributed by atoms with van der Waals surface area (Å²) in [7, 11) is 2.22. The molecular weight excluding hydrogens is 200 g/mol. The van der Waals surface area contributed by atoms with E-state index in [2.05, 4.69) is 25.8 Å². The van der Waals surface area contributed by atoms with Crippen molar-refractivity contribution in [3.63, 3.8) is 0 Å². The van der Waals surface area contributed by atoms with Crippen molar-refractivity contribution in [1.82, 2.24) is 9.80 Å². The largest absolute Gasteiger partial charge is 0.343 e. The van der Waals surface area contributed by atoms with Crippen molar-refractivity contribution in [2.24, 2.45) is 5.92 Å². The topological polar surface area (TPSA) is 23.6 Å². The lowest BCUT2D eigenvalue weighted by molar-refractivity contribution is -0.130. The average Bonchev–Trinajstić information content (AvgIpc) is 2.28. The molecule has 3 heteroatoms. The van der Waals surface area contributed by atoms with Gasteiger partial charge < -0.3 is 9.80 Å². The monoisotopic (exact) mass is 226 g/mol. The van der Waals surface area contributed by atoms with Gasteiger partial charge in [-0.2, -0.15) is 0 Å². The van der Waals surface area contributed by atoms with Gasteiger partial charge in [0.25, 0.3) is 0 Å². The Hall–Kier alpha value is -0.570. The molecular formula is C13H26N2O. The van der Waals surface area contributed by atoms with Crippen LogP contribution in [0.2, 0.25) is 0 Å². The van der Waals surface area contributed by atoms with Gasteiger partial charge in [-0.3, -0.25) is 4.79 Å². The number of rotatable bonds is 4. The lowest BCUT2D eigenvalue weighted by atomic mass is 10.0. The Morgan fingerprint density at radius 1 is 1.44 bits per heavy atom. The third kappa shape index (κ3) is 3.78. The number of carbonyl (C=O) groups is 1. The van der Waals surface area contributed by atoms with E-state index >= 15 is 0 Å². The second-order valence-corrected chi connectivity index (χ2v) is 5.19. The normalized spacial score (nSPS) is 20.2. The van der Waals surface area contributed by atoms with Gasteiger partial charge in [-0.25, -0.2) is 0 Å². The number of carbonyl (C=O) groups excluding carboxylic acids is 1. The van der Waals surface area contributed by atoms with Gasteiger partial charge in [-0.15, -0.1) is 0 Å². The first kappa shape index (κ1) is 13.5. The van der Waals surface area contributed by atoms with Crippen molar-refractivity contribution in [2.75, 3.05) is 26.7 Å². The molecule has 94 valence electrons. The fourth-order valence-corrected chi connectivity index (χ4v) is 2.39. The minimum absolute atomic E-state index is 0.225. The van der Waals surface area contributed by atoms with Crippen LogP contribution in [0.1, 0.15) is 40.0 Å². The van der Waals surface area contributed by atoms with Gasteiger partial charge in [-0.05, 0) is 25.8 Å². The average molecular weight is 226 g/mol. The molecule has 0 spiro atoms. The maximum absolute atomic E-state index is 11.2. The Morgan fingerprint density at radius 2 is 2.00 bits per heavy atom. The molecule has 1 atom stereocenters. The van der Waals surface area contributed by atoms with Crippen LogP contribution in [0.4, 0.5) is 0 Å². The summed E-state index contributed by atoms with van der Waals surface area (Å²) >= 11 is 0. The Kier molecular flexibility index (Phi) is 5.26. The van der Waals surface area contributed by atoms with Crippen LogP contribution >= 0.6 is 0 Å². The number of hydrogen-bond donors (Lipinski definition) is 0.